The van der Waals surface area contributed by atoms with E-state index < -0.39 is 0 Å². The topological polar surface area (TPSA) is 49.4 Å². The average molecular weight is 326 g/mol. The quantitative estimate of drug-likeness (QED) is 0.935. The number of hydrogen-bond acceptors (Lipinski definition) is 3. The largest absolute Gasteiger partial charge is 0.326 e. The Balaban J connectivity index is 1.65. The van der Waals surface area contributed by atoms with Gasteiger partial charge in [0.2, 0.25) is 11.8 Å². The van der Waals surface area contributed by atoms with Crippen molar-refractivity contribution < 1.29 is 9.59 Å². The Morgan fingerprint density at radius 1 is 1.13 bits per heavy atom. The van der Waals surface area contributed by atoms with Gasteiger partial charge in [0.25, 0.3) is 0 Å². The Bertz CT molecular complexity index is 701. The molecule has 23 heavy (non-hydrogen) atoms. The van der Waals surface area contributed by atoms with E-state index in [1.165, 1.54) is 6.92 Å². The third-order valence-corrected chi connectivity index (χ3v) is 4.94. The normalized spacial score (nSPS) is 17.3. The molecular formula is C18H18N2O2S. The van der Waals surface area contributed by atoms with Crippen molar-refractivity contribution in [3.8, 4) is 0 Å². The lowest BCUT2D eigenvalue weighted by molar-refractivity contribution is -0.116. The number of nitrogens with zero attached hydrogens (tertiary/aromatic N) is 1. The van der Waals surface area contributed by atoms with Crippen molar-refractivity contribution in [2.24, 2.45) is 0 Å². The highest BCUT2D eigenvalue weighted by atomic mass is 32.2. The zero-order chi connectivity index (χ0) is 16.2. The molecule has 0 bridgehead atoms. The maximum Gasteiger partial charge on any atom is 0.240 e. The van der Waals surface area contributed by atoms with Gasteiger partial charge in [-0.05, 0) is 42.8 Å². The van der Waals surface area contributed by atoms with Crippen LogP contribution in [0.1, 0.15) is 13.3 Å². The van der Waals surface area contributed by atoms with Gasteiger partial charge in [0.15, 0.2) is 0 Å². The summed E-state index contributed by atoms with van der Waals surface area (Å²) in [6.45, 7) is 2.24. The first-order valence-corrected chi connectivity index (χ1v) is 8.42. The summed E-state index contributed by atoms with van der Waals surface area (Å²) in [7, 11) is 0. The minimum absolute atomic E-state index is 0.0539. The number of thioether (sulfide) groups is 1. The second-order valence-corrected chi connectivity index (χ2v) is 6.70. The molecule has 2 aromatic carbocycles. The lowest BCUT2D eigenvalue weighted by Crippen LogP contribution is -2.27. The third kappa shape index (κ3) is 3.74. The zero-order valence-electron chi connectivity index (χ0n) is 12.9. The molecule has 0 unspecified atom stereocenters. The fourth-order valence-electron chi connectivity index (χ4n) is 2.61. The summed E-state index contributed by atoms with van der Waals surface area (Å²) < 4.78 is 0. The monoisotopic (exact) mass is 326 g/mol. The highest BCUT2D eigenvalue weighted by Gasteiger charge is 2.33. The first-order valence-electron chi connectivity index (χ1n) is 7.54. The van der Waals surface area contributed by atoms with E-state index in [9.17, 15) is 9.59 Å². The van der Waals surface area contributed by atoms with Gasteiger partial charge in [0.05, 0.1) is 5.25 Å². The smallest absolute Gasteiger partial charge is 0.240 e. The van der Waals surface area contributed by atoms with Gasteiger partial charge >= 0.3 is 0 Å². The Morgan fingerprint density at radius 3 is 2.48 bits per heavy atom. The number of nitrogens with one attached hydrogen (secondary N) is 1. The molecule has 1 aliphatic rings. The Labute approximate surface area is 139 Å². The lowest BCUT2D eigenvalue weighted by atomic mass is 10.3. The highest BCUT2D eigenvalue weighted by Crippen LogP contribution is 2.33. The number of carbonyl (C=O) groups excluding carboxylic acids is 2. The summed E-state index contributed by atoms with van der Waals surface area (Å²) >= 11 is 1.58. The predicted octanol–water partition coefficient (Wildman–Crippen LogP) is 3.54. The number of rotatable bonds is 4. The molecule has 0 aliphatic carbocycles. The van der Waals surface area contributed by atoms with E-state index in [1.807, 2.05) is 59.5 Å². The van der Waals surface area contributed by atoms with Crippen LogP contribution >= 0.6 is 11.8 Å². The molecule has 2 amide bonds. The molecule has 118 valence electrons. The predicted molar refractivity (Wildman–Crippen MR) is 93.8 cm³/mol. The van der Waals surface area contributed by atoms with Gasteiger partial charge in [-0.3, -0.25) is 9.59 Å². The Hall–Kier alpha value is -2.27. The molecule has 1 fully saturated rings. The lowest BCUT2D eigenvalue weighted by Gasteiger charge is -2.16. The first-order chi connectivity index (χ1) is 11.1. The van der Waals surface area contributed by atoms with Gasteiger partial charge in [-0.2, -0.15) is 0 Å². The van der Waals surface area contributed by atoms with E-state index in [1.54, 1.807) is 11.8 Å². The van der Waals surface area contributed by atoms with E-state index in [4.69, 9.17) is 0 Å². The van der Waals surface area contributed by atoms with Crippen LogP contribution < -0.4 is 10.2 Å². The summed E-state index contributed by atoms with van der Waals surface area (Å²) in [6.07, 6.45) is 0.839. The van der Waals surface area contributed by atoms with Gasteiger partial charge in [-0.25, -0.2) is 0 Å². The zero-order valence-corrected chi connectivity index (χ0v) is 13.7. The number of hydrogen-bond donors (Lipinski definition) is 1. The second kappa shape index (κ2) is 6.87. The molecule has 5 heteroatoms. The van der Waals surface area contributed by atoms with Crippen LogP contribution in [0.3, 0.4) is 0 Å². The molecule has 1 N–H and O–H groups in total. The number of amides is 2. The van der Waals surface area contributed by atoms with Gasteiger partial charge in [-0.1, -0.05) is 18.2 Å². The summed E-state index contributed by atoms with van der Waals surface area (Å²) in [5.74, 6) is 0.0713. The van der Waals surface area contributed by atoms with E-state index in [0.717, 1.165) is 29.2 Å². The van der Waals surface area contributed by atoms with Crippen LogP contribution in [-0.4, -0.2) is 23.6 Å². The molecule has 1 aliphatic heterocycles. The third-order valence-electron chi connectivity index (χ3n) is 3.68. The molecule has 0 aromatic heterocycles. The van der Waals surface area contributed by atoms with Crippen LogP contribution in [0.2, 0.25) is 0 Å². The van der Waals surface area contributed by atoms with Crippen molar-refractivity contribution in [1.82, 2.24) is 0 Å². The first kappa shape index (κ1) is 15.6. The van der Waals surface area contributed by atoms with Crippen LogP contribution in [0.15, 0.2) is 59.5 Å². The summed E-state index contributed by atoms with van der Waals surface area (Å²) in [5, 5.41) is 2.69. The van der Waals surface area contributed by atoms with Gasteiger partial charge in [0, 0.05) is 29.7 Å². The summed E-state index contributed by atoms with van der Waals surface area (Å²) in [6, 6.07) is 17.4. The van der Waals surface area contributed by atoms with Gasteiger partial charge in [-0.15, -0.1) is 11.8 Å². The molecular weight excluding hydrogens is 308 g/mol. The van der Waals surface area contributed by atoms with Crippen LogP contribution in [0, 0.1) is 0 Å². The number of carbonyl (C=O) groups is 2. The molecule has 0 spiro atoms. The van der Waals surface area contributed by atoms with Gasteiger partial charge < -0.3 is 10.2 Å². The van der Waals surface area contributed by atoms with Crippen LogP contribution in [0.4, 0.5) is 11.4 Å². The SMILES string of the molecule is CC(=O)Nc1ccc(S[C@@H]2CCN(c3ccccc3)C2=O)cc1. The fourth-order valence-corrected chi connectivity index (χ4v) is 3.68. The van der Waals surface area contributed by atoms with E-state index in [0.29, 0.717) is 0 Å². The van der Waals surface area contributed by atoms with Crippen molar-refractivity contribution in [1.29, 1.82) is 0 Å². The van der Waals surface area contributed by atoms with Gasteiger partial charge in [0.1, 0.15) is 0 Å². The minimum Gasteiger partial charge on any atom is -0.326 e. The molecule has 1 saturated heterocycles. The molecule has 0 saturated carbocycles. The standard InChI is InChI=1S/C18H18N2O2S/c1-13(21)19-14-7-9-16(10-8-14)23-17-11-12-20(18(17)22)15-5-3-2-4-6-15/h2-10,17H,11-12H2,1H3,(H,19,21)/t17-/m1/s1. The number of benzene rings is 2. The van der Waals surface area contributed by atoms with Crippen LogP contribution in [0.5, 0.6) is 0 Å². The maximum atomic E-state index is 12.6. The molecule has 1 atom stereocenters. The number of anilines is 2. The Morgan fingerprint density at radius 2 is 1.83 bits per heavy atom. The highest BCUT2D eigenvalue weighted by molar-refractivity contribution is 8.00. The molecule has 1 heterocycles. The van der Waals surface area contributed by atoms with Crippen LogP contribution in [-0.2, 0) is 9.59 Å². The Kier molecular flexibility index (Phi) is 4.67. The van der Waals surface area contributed by atoms with E-state index >= 15 is 0 Å². The average Bonchev–Trinajstić information content (AvgIpc) is 2.91. The molecule has 3 rings (SSSR count). The van der Waals surface area contributed by atoms with Crippen molar-refractivity contribution >= 4 is 35.0 Å². The van der Waals surface area contributed by atoms with Crippen molar-refractivity contribution in [3.05, 3.63) is 54.6 Å². The van der Waals surface area contributed by atoms with Crippen molar-refractivity contribution in [2.45, 2.75) is 23.5 Å². The van der Waals surface area contributed by atoms with Crippen molar-refractivity contribution in [2.75, 3.05) is 16.8 Å². The summed E-state index contributed by atoms with van der Waals surface area (Å²) in [4.78, 5) is 26.5. The number of para-hydroxylation sites is 1. The summed E-state index contributed by atoms with van der Waals surface area (Å²) in [5.41, 5.74) is 1.73. The second-order valence-electron chi connectivity index (χ2n) is 5.43. The van der Waals surface area contributed by atoms with Crippen LogP contribution in [0.25, 0.3) is 0 Å². The van der Waals surface area contributed by atoms with E-state index in [-0.39, 0.29) is 17.1 Å². The minimum atomic E-state index is -0.0881. The maximum absolute atomic E-state index is 12.6. The molecule has 2 aromatic rings. The van der Waals surface area contributed by atoms with Crippen molar-refractivity contribution in [3.63, 3.8) is 0 Å². The molecule has 0 radical (unpaired) electrons. The molecule has 4 nitrogen and oxygen atoms in total. The van der Waals surface area contributed by atoms with E-state index in [2.05, 4.69) is 5.32 Å². The fraction of sp³-hybridized carbons (Fsp3) is 0.222.